The maximum atomic E-state index is 12.3. The molecule has 0 spiro atoms. The summed E-state index contributed by atoms with van der Waals surface area (Å²) in [6, 6.07) is 16.8. The fourth-order valence-electron chi connectivity index (χ4n) is 2.58. The molecular weight excluding hydrogens is 362 g/mol. The van der Waals surface area contributed by atoms with Crippen LogP contribution in [0.1, 0.15) is 21.6 Å². The Hall–Kier alpha value is -3.05. The molecular formula is C21H20ClN3O2. The largest absolute Gasteiger partial charge is 0.495 e. The van der Waals surface area contributed by atoms with Crippen LogP contribution in [0.2, 0.25) is 5.02 Å². The number of methoxy groups -OCH3 is 1. The smallest absolute Gasteiger partial charge is 0.274 e. The molecule has 0 unspecified atom stereocenters. The van der Waals surface area contributed by atoms with Crippen LogP contribution >= 0.6 is 11.6 Å². The van der Waals surface area contributed by atoms with Gasteiger partial charge in [-0.3, -0.25) is 4.79 Å². The van der Waals surface area contributed by atoms with Crippen molar-refractivity contribution < 1.29 is 9.53 Å². The number of hydrogen-bond donors (Lipinski definition) is 2. The molecule has 0 saturated heterocycles. The second-order valence-corrected chi connectivity index (χ2v) is 6.42. The number of benzene rings is 2. The highest BCUT2D eigenvalue weighted by atomic mass is 35.5. The number of aryl methyl sites for hydroxylation is 1. The zero-order valence-electron chi connectivity index (χ0n) is 15.1. The lowest BCUT2D eigenvalue weighted by molar-refractivity contribution is 0.102. The van der Waals surface area contributed by atoms with E-state index in [9.17, 15) is 4.79 Å². The number of carbonyl (C=O) groups excluding carboxylic acids is 1. The van der Waals surface area contributed by atoms with Crippen LogP contribution in [0.15, 0.2) is 60.8 Å². The molecule has 2 N–H and O–H groups in total. The molecule has 3 rings (SSSR count). The first-order valence-corrected chi connectivity index (χ1v) is 8.84. The Morgan fingerprint density at radius 1 is 1.11 bits per heavy atom. The highest BCUT2D eigenvalue weighted by Crippen LogP contribution is 2.27. The Morgan fingerprint density at radius 2 is 1.89 bits per heavy atom. The van der Waals surface area contributed by atoms with Gasteiger partial charge in [0.15, 0.2) is 0 Å². The zero-order chi connectivity index (χ0) is 19.2. The summed E-state index contributed by atoms with van der Waals surface area (Å²) in [7, 11) is 1.54. The lowest BCUT2D eigenvalue weighted by atomic mass is 10.1. The van der Waals surface area contributed by atoms with Crippen molar-refractivity contribution in [2.24, 2.45) is 0 Å². The Kier molecular flexibility index (Phi) is 5.94. The quantitative estimate of drug-likeness (QED) is 0.636. The van der Waals surface area contributed by atoms with E-state index >= 15 is 0 Å². The van der Waals surface area contributed by atoms with E-state index in [2.05, 4.69) is 34.7 Å². The molecule has 5 nitrogen and oxygen atoms in total. The maximum Gasteiger partial charge on any atom is 0.274 e. The lowest BCUT2D eigenvalue weighted by Crippen LogP contribution is -2.13. The van der Waals surface area contributed by atoms with E-state index in [1.54, 1.807) is 30.5 Å². The second-order valence-electron chi connectivity index (χ2n) is 6.02. The van der Waals surface area contributed by atoms with Crippen molar-refractivity contribution in [3.63, 3.8) is 0 Å². The number of rotatable bonds is 6. The number of ether oxygens (including phenoxy) is 1. The molecule has 0 aliphatic heterocycles. The van der Waals surface area contributed by atoms with Crippen LogP contribution in [0.25, 0.3) is 0 Å². The average Bonchev–Trinajstić information content (AvgIpc) is 2.68. The Labute approximate surface area is 163 Å². The summed E-state index contributed by atoms with van der Waals surface area (Å²) in [5.74, 6) is 0.249. The minimum atomic E-state index is -0.304. The summed E-state index contributed by atoms with van der Waals surface area (Å²) in [6.07, 6.45) is 1.65. The second kappa shape index (κ2) is 8.56. The van der Waals surface area contributed by atoms with Gasteiger partial charge in [0, 0.05) is 12.2 Å². The number of amides is 1. The minimum absolute atomic E-state index is 0.304. The number of nitrogens with one attached hydrogen (secondary N) is 2. The van der Waals surface area contributed by atoms with E-state index in [0.717, 1.165) is 5.69 Å². The number of anilines is 2. The molecule has 1 aromatic heterocycles. The fourth-order valence-corrected chi connectivity index (χ4v) is 2.84. The van der Waals surface area contributed by atoms with Crippen LogP contribution in [0.5, 0.6) is 5.75 Å². The third-order valence-corrected chi connectivity index (χ3v) is 4.45. The van der Waals surface area contributed by atoms with Crippen molar-refractivity contribution in [3.8, 4) is 5.75 Å². The first-order valence-electron chi connectivity index (χ1n) is 8.46. The van der Waals surface area contributed by atoms with Gasteiger partial charge in [-0.1, -0.05) is 35.9 Å². The molecule has 0 aliphatic rings. The van der Waals surface area contributed by atoms with Gasteiger partial charge in [0.05, 0.1) is 24.0 Å². The summed E-state index contributed by atoms with van der Waals surface area (Å²) in [5, 5.41) is 6.52. The standard InChI is InChI=1S/C21H20ClN3O2/c1-14-5-3-4-6-15(14)12-23-17-7-9-19(24-13-17)21(26)25-16-8-10-20(27-2)18(22)11-16/h3-11,13,23H,12H2,1-2H3,(H,25,26). The van der Waals surface area contributed by atoms with Gasteiger partial charge in [-0.25, -0.2) is 4.98 Å². The van der Waals surface area contributed by atoms with Gasteiger partial charge < -0.3 is 15.4 Å². The van der Waals surface area contributed by atoms with Crippen molar-refractivity contribution in [1.82, 2.24) is 4.98 Å². The molecule has 0 saturated carbocycles. The zero-order valence-corrected chi connectivity index (χ0v) is 15.9. The van der Waals surface area contributed by atoms with Crippen molar-refractivity contribution >= 4 is 28.9 Å². The van der Waals surface area contributed by atoms with Crippen LogP contribution in [0, 0.1) is 6.92 Å². The van der Waals surface area contributed by atoms with Gasteiger partial charge in [-0.05, 0) is 48.4 Å². The number of carbonyl (C=O) groups is 1. The van der Waals surface area contributed by atoms with Gasteiger partial charge in [-0.15, -0.1) is 0 Å². The lowest BCUT2D eigenvalue weighted by Gasteiger charge is -2.10. The van der Waals surface area contributed by atoms with E-state index in [0.29, 0.717) is 28.7 Å². The molecule has 6 heteroatoms. The first kappa shape index (κ1) is 18.7. The fraction of sp³-hybridized carbons (Fsp3) is 0.143. The summed E-state index contributed by atoms with van der Waals surface area (Å²) in [6.45, 7) is 2.78. The van der Waals surface area contributed by atoms with Crippen LogP contribution in [0.4, 0.5) is 11.4 Å². The molecule has 27 heavy (non-hydrogen) atoms. The van der Waals surface area contributed by atoms with Crippen molar-refractivity contribution in [1.29, 1.82) is 0 Å². The van der Waals surface area contributed by atoms with E-state index in [4.69, 9.17) is 16.3 Å². The Bertz CT molecular complexity index is 942. The highest BCUT2D eigenvalue weighted by molar-refractivity contribution is 6.32. The highest BCUT2D eigenvalue weighted by Gasteiger charge is 2.09. The molecule has 3 aromatic rings. The predicted molar refractivity (Wildman–Crippen MR) is 109 cm³/mol. The number of nitrogens with zero attached hydrogens (tertiary/aromatic N) is 1. The van der Waals surface area contributed by atoms with Crippen LogP contribution < -0.4 is 15.4 Å². The van der Waals surface area contributed by atoms with Gasteiger partial charge in [0.2, 0.25) is 0 Å². The SMILES string of the molecule is COc1ccc(NC(=O)c2ccc(NCc3ccccc3C)cn2)cc1Cl. The van der Waals surface area contributed by atoms with Gasteiger partial charge in [0.1, 0.15) is 11.4 Å². The summed E-state index contributed by atoms with van der Waals surface area (Å²) in [4.78, 5) is 16.6. The molecule has 0 atom stereocenters. The van der Waals surface area contributed by atoms with Gasteiger partial charge in [-0.2, -0.15) is 0 Å². The van der Waals surface area contributed by atoms with E-state index in [1.165, 1.54) is 18.2 Å². The third kappa shape index (κ3) is 4.77. The number of aromatic nitrogens is 1. The van der Waals surface area contributed by atoms with E-state index in [-0.39, 0.29) is 5.91 Å². The Morgan fingerprint density at radius 3 is 2.56 bits per heavy atom. The third-order valence-electron chi connectivity index (χ3n) is 4.15. The van der Waals surface area contributed by atoms with Crippen LogP contribution in [-0.2, 0) is 6.54 Å². The predicted octanol–water partition coefficient (Wildman–Crippen LogP) is 4.92. The van der Waals surface area contributed by atoms with Gasteiger partial charge >= 0.3 is 0 Å². The molecule has 1 amide bonds. The molecule has 2 aromatic carbocycles. The van der Waals surface area contributed by atoms with Crippen LogP contribution in [0.3, 0.4) is 0 Å². The van der Waals surface area contributed by atoms with Crippen LogP contribution in [-0.4, -0.2) is 18.0 Å². The number of pyridine rings is 1. The summed E-state index contributed by atoms with van der Waals surface area (Å²) >= 11 is 6.08. The topological polar surface area (TPSA) is 63.2 Å². The summed E-state index contributed by atoms with van der Waals surface area (Å²) in [5.41, 5.74) is 4.20. The van der Waals surface area contributed by atoms with Crippen molar-refractivity contribution in [2.45, 2.75) is 13.5 Å². The average molecular weight is 382 g/mol. The van der Waals surface area contributed by atoms with Gasteiger partial charge in [0.25, 0.3) is 5.91 Å². The number of hydrogen-bond acceptors (Lipinski definition) is 4. The molecule has 1 heterocycles. The molecule has 0 bridgehead atoms. The molecule has 0 radical (unpaired) electrons. The molecule has 0 aliphatic carbocycles. The Balaban J connectivity index is 1.62. The van der Waals surface area contributed by atoms with Crippen molar-refractivity contribution in [3.05, 3.63) is 82.6 Å². The van der Waals surface area contributed by atoms with E-state index < -0.39 is 0 Å². The maximum absolute atomic E-state index is 12.3. The summed E-state index contributed by atoms with van der Waals surface area (Å²) < 4.78 is 5.10. The van der Waals surface area contributed by atoms with Crippen molar-refractivity contribution in [2.75, 3.05) is 17.7 Å². The monoisotopic (exact) mass is 381 g/mol. The number of halogens is 1. The minimum Gasteiger partial charge on any atom is -0.495 e. The molecule has 0 fully saturated rings. The normalized spacial score (nSPS) is 10.3. The molecule has 138 valence electrons. The first-order chi connectivity index (χ1) is 13.1. The van der Waals surface area contributed by atoms with E-state index in [1.807, 2.05) is 18.2 Å².